The lowest BCUT2D eigenvalue weighted by Crippen LogP contribution is -2.40. The van der Waals surface area contributed by atoms with Gasteiger partial charge in [0, 0.05) is 15.7 Å². The number of nitrogens with zero attached hydrogens (tertiary/aromatic N) is 1. The van der Waals surface area contributed by atoms with Crippen molar-refractivity contribution < 1.29 is 14.4 Å². The van der Waals surface area contributed by atoms with Crippen molar-refractivity contribution in [2.24, 2.45) is 35.5 Å². The van der Waals surface area contributed by atoms with Crippen molar-refractivity contribution in [1.29, 1.82) is 0 Å². The predicted octanol–water partition coefficient (Wildman–Crippen LogP) is 5.22. The molecule has 7 heteroatoms. The van der Waals surface area contributed by atoms with Gasteiger partial charge in [0.15, 0.2) is 0 Å². The normalized spacial score (nSPS) is 31.5. The molecule has 0 radical (unpaired) electrons. The van der Waals surface area contributed by atoms with Crippen molar-refractivity contribution in [3.8, 4) is 0 Å². The van der Waals surface area contributed by atoms with E-state index in [0.717, 1.165) is 16.5 Å². The molecule has 0 spiro atoms. The Labute approximate surface area is 198 Å². The van der Waals surface area contributed by atoms with Gasteiger partial charge in [-0.2, -0.15) is 0 Å². The number of carbonyl (C=O) groups excluding carboxylic acids is 3. The van der Waals surface area contributed by atoms with Gasteiger partial charge >= 0.3 is 0 Å². The van der Waals surface area contributed by atoms with Crippen LogP contribution in [0.5, 0.6) is 0 Å². The average molecular weight is 512 g/mol. The fourth-order valence-electron chi connectivity index (χ4n) is 5.96. The zero-order valence-electron chi connectivity index (χ0n) is 17.2. The first-order valence-corrected chi connectivity index (χ1v) is 12.0. The van der Waals surface area contributed by atoms with E-state index in [1.807, 2.05) is 6.92 Å². The summed E-state index contributed by atoms with van der Waals surface area (Å²) in [7, 11) is 0. The van der Waals surface area contributed by atoms with E-state index in [0.29, 0.717) is 33.8 Å². The Morgan fingerprint density at radius 2 is 1.59 bits per heavy atom. The van der Waals surface area contributed by atoms with Crippen LogP contribution in [0.25, 0.3) is 0 Å². The molecule has 6 atom stereocenters. The zero-order valence-corrected chi connectivity index (χ0v) is 19.6. The topological polar surface area (TPSA) is 66.5 Å². The van der Waals surface area contributed by atoms with Crippen molar-refractivity contribution in [1.82, 2.24) is 0 Å². The van der Waals surface area contributed by atoms with E-state index in [1.165, 1.54) is 4.90 Å². The van der Waals surface area contributed by atoms with Gasteiger partial charge in [-0.05, 0) is 94.9 Å². The minimum atomic E-state index is -0.284. The summed E-state index contributed by atoms with van der Waals surface area (Å²) in [6.45, 7) is 1.84. The molecule has 5 nitrogen and oxygen atoms in total. The number of anilines is 2. The molecule has 0 aromatic heterocycles. The predicted molar refractivity (Wildman–Crippen MR) is 125 cm³/mol. The van der Waals surface area contributed by atoms with Crippen LogP contribution in [0.1, 0.15) is 22.3 Å². The van der Waals surface area contributed by atoms with Gasteiger partial charge in [-0.1, -0.05) is 23.8 Å². The number of allylic oxidation sites excluding steroid dienone is 2. The summed E-state index contributed by atoms with van der Waals surface area (Å²) >= 11 is 9.62. The second-order valence-corrected chi connectivity index (χ2v) is 10.4. The lowest BCUT2D eigenvalue weighted by molar-refractivity contribution is -0.124. The van der Waals surface area contributed by atoms with Crippen LogP contribution in [0, 0.1) is 42.4 Å². The Bertz CT molecular complexity index is 1190. The highest BCUT2D eigenvalue weighted by molar-refractivity contribution is 9.10. The third kappa shape index (κ3) is 2.78. The molecule has 32 heavy (non-hydrogen) atoms. The van der Waals surface area contributed by atoms with E-state index in [-0.39, 0.29) is 41.4 Å². The molecule has 3 amide bonds. The SMILES string of the molecule is Cc1c(NC(=O)c2ccc(N3C(=O)C4C5C=CC(C6CC56)C4C3=O)cc2)ccc(Br)c1Cl. The molecule has 1 heterocycles. The number of imide groups is 1. The summed E-state index contributed by atoms with van der Waals surface area (Å²) in [6, 6.07) is 10.2. The number of hydrogen-bond acceptors (Lipinski definition) is 3. The van der Waals surface area contributed by atoms with Crippen LogP contribution in [-0.4, -0.2) is 17.7 Å². The van der Waals surface area contributed by atoms with E-state index < -0.39 is 0 Å². The first-order valence-electron chi connectivity index (χ1n) is 10.8. The molecule has 2 aromatic rings. The lowest BCUT2D eigenvalue weighted by Gasteiger charge is -2.37. The van der Waals surface area contributed by atoms with Gasteiger partial charge < -0.3 is 5.32 Å². The molecule has 162 valence electrons. The number of amides is 3. The number of rotatable bonds is 3. The minimum Gasteiger partial charge on any atom is -0.322 e. The van der Waals surface area contributed by atoms with Crippen LogP contribution < -0.4 is 10.2 Å². The van der Waals surface area contributed by atoms with Crippen molar-refractivity contribution in [3.63, 3.8) is 0 Å². The maximum atomic E-state index is 13.2. The molecule has 2 saturated carbocycles. The summed E-state index contributed by atoms with van der Waals surface area (Å²) in [4.78, 5) is 40.6. The van der Waals surface area contributed by atoms with Gasteiger partial charge in [-0.25, -0.2) is 0 Å². The smallest absolute Gasteiger partial charge is 0.255 e. The van der Waals surface area contributed by atoms with Gasteiger partial charge in [0.25, 0.3) is 5.91 Å². The molecule has 7 rings (SSSR count). The van der Waals surface area contributed by atoms with Crippen LogP contribution in [-0.2, 0) is 9.59 Å². The van der Waals surface area contributed by atoms with Gasteiger partial charge in [-0.3, -0.25) is 19.3 Å². The molecular formula is C25H20BrClN2O3. The maximum absolute atomic E-state index is 13.2. The van der Waals surface area contributed by atoms with Crippen LogP contribution in [0.2, 0.25) is 5.02 Å². The number of nitrogens with one attached hydrogen (secondary N) is 1. The van der Waals surface area contributed by atoms with E-state index in [1.54, 1.807) is 36.4 Å². The molecular weight excluding hydrogens is 492 g/mol. The second-order valence-electron chi connectivity index (χ2n) is 9.20. The lowest BCUT2D eigenvalue weighted by atomic mass is 9.63. The molecule has 4 aliphatic carbocycles. The van der Waals surface area contributed by atoms with Crippen molar-refractivity contribution in [2.45, 2.75) is 13.3 Å². The van der Waals surface area contributed by atoms with E-state index in [2.05, 4.69) is 33.4 Å². The number of hydrogen-bond donors (Lipinski definition) is 1. The second kappa shape index (κ2) is 7.03. The minimum absolute atomic E-state index is 0.0953. The largest absolute Gasteiger partial charge is 0.322 e. The fraction of sp³-hybridized carbons (Fsp3) is 0.320. The molecule has 3 fully saturated rings. The van der Waals surface area contributed by atoms with Crippen molar-refractivity contribution in [2.75, 3.05) is 10.2 Å². The first kappa shape index (κ1) is 20.2. The van der Waals surface area contributed by atoms with E-state index in [9.17, 15) is 14.4 Å². The molecule has 1 N–H and O–H groups in total. The van der Waals surface area contributed by atoms with E-state index >= 15 is 0 Å². The number of benzene rings is 2. The van der Waals surface area contributed by atoms with E-state index in [4.69, 9.17) is 11.6 Å². The van der Waals surface area contributed by atoms with Crippen LogP contribution in [0.15, 0.2) is 53.0 Å². The molecule has 5 aliphatic rings. The quantitative estimate of drug-likeness (QED) is 0.454. The zero-order chi connectivity index (χ0) is 22.3. The Kier molecular flexibility index (Phi) is 4.43. The highest BCUT2D eigenvalue weighted by atomic mass is 79.9. The fourth-order valence-corrected chi connectivity index (χ4v) is 6.55. The Hall–Kier alpha value is -2.44. The van der Waals surface area contributed by atoms with Gasteiger partial charge in [0.05, 0.1) is 22.5 Å². The summed E-state index contributed by atoms with van der Waals surface area (Å²) in [6.07, 6.45) is 5.47. The Balaban J connectivity index is 1.23. The summed E-state index contributed by atoms with van der Waals surface area (Å²) in [5, 5.41) is 3.42. The maximum Gasteiger partial charge on any atom is 0.255 e. The standard InChI is InChI=1S/C25H20BrClN2O3/c1-11-19(9-8-18(26)22(11)27)28-23(30)12-2-4-13(5-3-12)29-24(31)20-14-6-7-15(17-10-16(14)17)21(20)25(29)32/h2-9,14-17,20-21H,10H2,1H3,(H,28,30). The summed E-state index contributed by atoms with van der Waals surface area (Å²) < 4.78 is 0.764. The summed E-state index contributed by atoms with van der Waals surface area (Å²) in [5.41, 5.74) is 2.36. The van der Waals surface area contributed by atoms with Gasteiger partial charge in [0.2, 0.25) is 11.8 Å². The van der Waals surface area contributed by atoms with Gasteiger partial charge in [-0.15, -0.1) is 0 Å². The van der Waals surface area contributed by atoms with Crippen LogP contribution >= 0.6 is 27.5 Å². The van der Waals surface area contributed by atoms with Crippen molar-refractivity contribution in [3.05, 3.63) is 69.2 Å². The third-order valence-corrected chi connectivity index (χ3v) is 9.01. The van der Waals surface area contributed by atoms with Gasteiger partial charge in [0.1, 0.15) is 0 Å². The number of halogens is 2. The molecule has 1 saturated heterocycles. The number of carbonyl (C=O) groups is 3. The molecule has 1 aliphatic heterocycles. The van der Waals surface area contributed by atoms with Crippen molar-refractivity contribution >= 4 is 56.6 Å². The molecule has 2 bridgehead atoms. The monoisotopic (exact) mass is 510 g/mol. The Morgan fingerprint density at radius 1 is 1.00 bits per heavy atom. The Morgan fingerprint density at radius 3 is 2.19 bits per heavy atom. The first-order chi connectivity index (χ1) is 15.4. The molecule has 6 unspecified atom stereocenters. The highest BCUT2D eigenvalue weighted by Crippen LogP contribution is 2.65. The third-order valence-electron chi connectivity index (χ3n) is 7.64. The van der Waals surface area contributed by atoms with Crippen LogP contribution in [0.4, 0.5) is 11.4 Å². The highest BCUT2D eigenvalue weighted by Gasteiger charge is 2.67. The summed E-state index contributed by atoms with van der Waals surface area (Å²) in [5.74, 6) is 0.611. The van der Waals surface area contributed by atoms with Crippen LogP contribution in [0.3, 0.4) is 0 Å². The average Bonchev–Trinajstić information content (AvgIpc) is 3.58. The molecule has 2 aromatic carbocycles.